The summed E-state index contributed by atoms with van der Waals surface area (Å²) in [5, 5.41) is 0. The molecule has 6 heteroatoms. The summed E-state index contributed by atoms with van der Waals surface area (Å²) in [6.07, 6.45) is 1.58. The largest absolute Gasteiger partial charge is 0.333 e. The van der Waals surface area contributed by atoms with Gasteiger partial charge in [-0.15, -0.1) is 0 Å². The first-order chi connectivity index (χ1) is 19.2. The van der Waals surface area contributed by atoms with Crippen molar-refractivity contribution in [1.82, 2.24) is 9.80 Å². The van der Waals surface area contributed by atoms with Crippen molar-refractivity contribution in [3.63, 3.8) is 0 Å². The number of amides is 4. The standard InChI is InChI=1S/C34H29N3O3/c1-34(2)29-20-22(19-28-31(38)35(3)33(40)36(4)32(28)39)15-17-26(29)27-18-16-25(21-30(27)34)37(23-11-7-5-8-12-23)24-13-9-6-10-14-24/h5-21H,1-4H3. The number of carbonyl (C=O) groups is 3. The molecule has 0 radical (unpaired) electrons. The van der Waals surface area contributed by atoms with Crippen LogP contribution in [0.2, 0.25) is 0 Å². The molecule has 0 atom stereocenters. The van der Waals surface area contributed by atoms with Gasteiger partial charge in [0.25, 0.3) is 11.8 Å². The van der Waals surface area contributed by atoms with E-state index in [0.29, 0.717) is 0 Å². The third-order valence-corrected chi connectivity index (χ3v) is 7.93. The van der Waals surface area contributed by atoms with Crippen LogP contribution in [0.25, 0.3) is 17.2 Å². The molecule has 4 aromatic rings. The van der Waals surface area contributed by atoms with Gasteiger partial charge in [-0.2, -0.15) is 0 Å². The van der Waals surface area contributed by atoms with E-state index in [4.69, 9.17) is 0 Å². The number of carbonyl (C=O) groups excluding carboxylic acids is 3. The number of hydrogen-bond donors (Lipinski definition) is 0. The molecular formula is C34H29N3O3. The SMILES string of the molecule is CN1C(=O)C(=Cc2ccc3c(c2)C(C)(C)c2cc(N(c4ccccc4)c4ccccc4)ccc2-3)C(=O)N(C)C1=O. The lowest BCUT2D eigenvalue weighted by Gasteiger charge is -2.29. The number of para-hydroxylation sites is 2. The summed E-state index contributed by atoms with van der Waals surface area (Å²) < 4.78 is 0. The van der Waals surface area contributed by atoms with E-state index in [1.54, 1.807) is 6.08 Å². The van der Waals surface area contributed by atoms with E-state index in [0.717, 1.165) is 43.6 Å². The van der Waals surface area contributed by atoms with Crippen molar-refractivity contribution in [1.29, 1.82) is 0 Å². The summed E-state index contributed by atoms with van der Waals surface area (Å²) in [5.41, 5.74) is 8.22. The van der Waals surface area contributed by atoms with Crippen LogP contribution in [0.1, 0.15) is 30.5 Å². The lowest BCUT2D eigenvalue weighted by molar-refractivity contribution is -0.134. The lowest BCUT2D eigenvalue weighted by Crippen LogP contribution is -2.52. The Bertz CT molecular complexity index is 1640. The fraction of sp³-hybridized carbons (Fsp3) is 0.147. The molecule has 1 heterocycles. The number of nitrogens with zero attached hydrogens (tertiary/aromatic N) is 3. The first kappa shape index (κ1) is 25.3. The highest BCUT2D eigenvalue weighted by atomic mass is 16.2. The van der Waals surface area contributed by atoms with Crippen LogP contribution in [0, 0.1) is 0 Å². The lowest BCUT2D eigenvalue weighted by atomic mass is 9.81. The van der Waals surface area contributed by atoms with Gasteiger partial charge in [0.1, 0.15) is 5.57 Å². The molecule has 0 spiro atoms. The van der Waals surface area contributed by atoms with Crippen LogP contribution in [0.4, 0.5) is 21.9 Å². The average Bonchev–Trinajstić information content (AvgIpc) is 3.20. The van der Waals surface area contributed by atoms with Crippen LogP contribution in [-0.4, -0.2) is 41.7 Å². The van der Waals surface area contributed by atoms with Crippen LogP contribution in [0.5, 0.6) is 0 Å². The zero-order valence-corrected chi connectivity index (χ0v) is 22.9. The van der Waals surface area contributed by atoms with Crippen LogP contribution in [0.3, 0.4) is 0 Å². The molecule has 6 rings (SSSR count). The molecule has 1 saturated heterocycles. The van der Waals surface area contributed by atoms with Crippen LogP contribution >= 0.6 is 0 Å². The molecule has 2 aliphatic rings. The fourth-order valence-corrected chi connectivity index (χ4v) is 5.72. The molecule has 40 heavy (non-hydrogen) atoms. The van der Waals surface area contributed by atoms with Gasteiger partial charge in [0.15, 0.2) is 0 Å². The Labute approximate surface area is 233 Å². The van der Waals surface area contributed by atoms with Gasteiger partial charge in [-0.1, -0.05) is 74.5 Å². The number of benzene rings is 4. The number of hydrogen-bond acceptors (Lipinski definition) is 4. The maximum Gasteiger partial charge on any atom is 0.333 e. The Morgan fingerprint density at radius 1 is 0.625 bits per heavy atom. The van der Waals surface area contributed by atoms with Gasteiger partial charge >= 0.3 is 6.03 Å². The smallest absolute Gasteiger partial charge is 0.310 e. The van der Waals surface area contributed by atoms with Gasteiger partial charge in [0, 0.05) is 36.6 Å². The molecule has 0 bridgehead atoms. The second-order valence-electron chi connectivity index (χ2n) is 10.7. The van der Waals surface area contributed by atoms with Crippen molar-refractivity contribution >= 4 is 41.0 Å². The molecule has 0 aromatic heterocycles. The number of anilines is 3. The van der Waals surface area contributed by atoms with Crippen molar-refractivity contribution < 1.29 is 14.4 Å². The minimum atomic E-state index is -0.631. The van der Waals surface area contributed by atoms with Crippen molar-refractivity contribution in [2.45, 2.75) is 19.3 Å². The zero-order valence-electron chi connectivity index (χ0n) is 22.9. The summed E-state index contributed by atoms with van der Waals surface area (Å²) in [7, 11) is 2.77. The Kier molecular flexibility index (Phi) is 5.91. The molecule has 6 nitrogen and oxygen atoms in total. The Balaban J connectivity index is 1.42. The minimum Gasteiger partial charge on any atom is -0.310 e. The van der Waals surface area contributed by atoms with Crippen molar-refractivity contribution in [2.75, 3.05) is 19.0 Å². The maximum atomic E-state index is 12.8. The number of fused-ring (bicyclic) bond motifs is 3. The van der Waals surface area contributed by atoms with Gasteiger partial charge in [-0.25, -0.2) is 4.79 Å². The van der Waals surface area contributed by atoms with Crippen molar-refractivity contribution in [3.8, 4) is 11.1 Å². The average molecular weight is 528 g/mol. The quantitative estimate of drug-likeness (QED) is 0.214. The van der Waals surface area contributed by atoms with Crippen molar-refractivity contribution in [3.05, 3.63) is 119 Å². The molecule has 1 aliphatic carbocycles. The van der Waals surface area contributed by atoms with Gasteiger partial charge < -0.3 is 4.90 Å². The van der Waals surface area contributed by atoms with E-state index < -0.39 is 17.8 Å². The topological polar surface area (TPSA) is 60.9 Å². The molecule has 1 fully saturated rings. The highest BCUT2D eigenvalue weighted by molar-refractivity contribution is 6.30. The van der Waals surface area contributed by atoms with E-state index in [1.807, 2.05) is 48.5 Å². The molecule has 0 saturated carbocycles. The molecule has 0 unspecified atom stereocenters. The molecule has 1 aliphatic heterocycles. The summed E-state index contributed by atoms with van der Waals surface area (Å²) in [6.45, 7) is 4.40. The summed E-state index contributed by atoms with van der Waals surface area (Å²) in [4.78, 5) is 41.8. The third kappa shape index (κ3) is 3.92. The molecule has 4 amide bonds. The Hall–Kier alpha value is -4.97. The van der Waals surface area contributed by atoms with E-state index in [1.165, 1.54) is 25.2 Å². The number of imide groups is 2. The number of rotatable bonds is 4. The molecule has 198 valence electrons. The Morgan fingerprint density at radius 2 is 1.12 bits per heavy atom. The summed E-state index contributed by atoms with van der Waals surface area (Å²) in [6, 6.07) is 32.6. The molecule has 4 aromatic carbocycles. The van der Waals surface area contributed by atoms with Gasteiger partial charge in [0.2, 0.25) is 0 Å². The van der Waals surface area contributed by atoms with Crippen LogP contribution < -0.4 is 4.90 Å². The van der Waals surface area contributed by atoms with E-state index in [9.17, 15) is 14.4 Å². The summed E-state index contributed by atoms with van der Waals surface area (Å²) in [5.74, 6) is -1.19. The highest BCUT2D eigenvalue weighted by Crippen LogP contribution is 2.51. The van der Waals surface area contributed by atoms with Gasteiger partial charge in [-0.05, 0) is 70.3 Å². The zero-order chi connectivity index (χ0) is 28.2. The van der Waals surface area contributed by atoms with E-state index in [2.05, 4.69) is 67.3 Å². The third-order valence-electron chi connectivity index (χ3n) is 7.93. The van der Waals surface area contributed by atoms with Crippen LogP contribution in [-0.2, 0) is 15.0 Å². The fourth-order valence-electron chi connectivity index (χ4n) is 5.72. The minimum absolute atomic E-state index is 0.0264. The van der Waals surface area contributed by atoms with Crippen LogP contribution in [0.15, 0.2) is 103 Å². The molecular weight excluding hydrogens is 498 g/mol. The first-order valence-corrected chi connectivity index (χ1v) is 13.2. The monoisotopic (exact) mass is 527 g/mol. The van der Waals surface area contributed by atoms with E-state index >= 15 is 0 Å². The second kappa shape index (κ2) is 9.35. The first-order valence-electron chi connectivity index (χ1n) is 13.2. The van der Waals surface area contributed by atoms with Gasteiger partial charge in [0.05, 0.1) is 0 Å². The predicted octanol–water partition coefficient (Wildman–Crippen LogP) is 6.90. The number of barbiturate groups is 1. The second-order valence-corrected chi connectivity index (χ2v) is 10.7. The van der Waals surface area contributed by atoms with E-state index in [-0.39, 0.29) is 11.0 Å². The van der Waals surface area contributed by atoms with Crippen molar-refractivity contribution in [2.24, 2.45) is 0 Å². The molecule has 0 N–H and O–H groups in total. The number of urea groups is 1. The highest BCUT2D eigenvalue weighted by Gasteiger charge is 2.39. The maximum absolute atomic E-state index is 12.8. The Morgan fingerprint density at radius 3 is 1.68 bits per heavy atom. The predicted molar refractivity (Wildman–Crippen MR) is 158 cm³/mol. The summed E-state index contributed by atoms with van der Waals surface area (Å²) >= 11 is 0. The van der Waals surface area contributed by atoms with Gasteiger partial charge in [-0.3, -0.25) is 19.4 Å². The number of likely N-dealkylation sites (N-methyl/N-ethyl adjacent to an activating group) is 2. The normalized spacial score (nSPS) is 15.7.